The van der Waals surface area contributed by atoms with Crippen LogP contribution in [0.2, 0.25) is 0 Å². The Bertz CT molecular complexity index is 1270. The van der Waals surface area contributed by atoms with Crippen molar-refractivity contribution in [2.75, 3.05) is 0 Å². The third-order valence-electron chi connectivity index (χ3n) is 4.85. The molecular formula is C21H22N4O2S2. The summed E-state index contributed by atoms with van der Waals surface area (Å²) < 4.78 is 7.24. The highest BCUT2D eigenvalue weighted by Gasteiger charge is 2.20. The predicted molar refractivity (Wildman–Crippen MR) is 117 cm³/mol. The Morgan fingerprint density at radius 3 is 2.66 bits per heavy atom. The minimum atomic E-state index is -0.0193. The zero-order chi connectivity index (χ0) is 20.7. The molecule has 0 spiro atoms. The van der Waals surface area contributed by atoms with E-state index in [-0.39, 0.29) is 5.56 Å². The van der Waals surface area contributed by atoms with Crippen molar-refractivity contribution in [2.24, 2.45) is 0 Å². The summed E-state index contributed by atoms with van der Waals surface area (Å²) in [4.78, 5) is 20.5. The van der Waals surface area contributed by atoms with Gasteiger partial charge < -0.3 is 4.42 Å². The molecule has 0 aliphatic carbocycles. The van der Waals surface area contributed by atoms with Crippen LogP contribution in [0.15, 0.2) is 32.6 Å². The topological polar surface area (TPSA) is 73.8 Å². The number of thioether (sulfide) groups is 1. The summed E-state index contributed by atoms with van der Waals surface area (Å²) in [6, 6.07) is 6.13. The third kappa shape index (κ3) is 3.62. The third-order valence-corrected chi connectivity index (χ3v) is 6.81. The number of fused-ring (bicyclic) bond motifs is 1. The molecule has 4 rings (SSSR count). The van der Waals surface area contributed by atoms with E-state index in [0.29, 0.717) is 22.7 Å². The first-order valence-electron chi connectivity index (χ1n) is 9.43. The van der Waals surface area contributed by atoms with Gasteiger partial charge in [0, 0.05) is 11.8 Å². The van der Waals surface area contributed by atoms with Gasteiger partial charge in [-0.2, -0.15) is 0 Å². The Kier molecular flexibility index (Phi) is 5.31. The minimum absolute atomic E-state index is 0.0193. The van der Waals surface area contributed by atoms with Crippen LogP contribution < -0.4 is 5.56 Å². The largest absolute Gasteiger partial charge is 0.425 e. The lowest BCUT2D eigenvalue weighted by Gasteiger charge is -2.15. The lowest BCUT2D eigenvalue weighted by atomic mass is 10.1. The smallest absolute Gasteiger partial charge is 0.267 e. The van der Waals surface area contributed by atoms with Crippen LogP contribution >= 0.6 is 23.1 Å². The molecule has 29 heavy (non-hydrogen) atoms. The summed E-state index contributed by atoms with van der Waals surface area (Å²) in [6.45, 7) is 9.94. The van der Waals surface area contributed by atoms with Crippen molar-refractivity contribution in [1.29, 1.82) is 0 Å². The number of thiophene rings is 1. The molecule has 0 saturated heterocycles. The fourth-order valence-electron chi connectivity index (χ4n) is 3.42. The summed E-state index contributed by atoms with van der Waals surface area (Å²) in [7, 11) is 0. The molecule has 8 heteroatoms. The number of benzene rings is 1. The van der Waals surface area contributed by atoms with Crippen molar-refractivity contribution in [1.82, 2.24) is 19.7 Å². The first-order chi connectivity index (χ1) is 13.9. The highest BCUT2D eigenvalue weighted by molar-refractivity contribution is 7.98. The van der Waals surface area contributed by atoms with E-state index in [1.54, 1.807) is 22.8 Å². The zero-order valence-corrected chi connectivity index (χ0v) is 18.7. The van der Waals surface area contributed by atoms with Crippen molar-refractivity contribution in [3.8, 4) is 5.69 Å². The van der Waals surface area contributed by atoms with E-state index >= 15 is 0 Å². The van der Waals surface area contributed by atoms with Crippen LogP contribution in [0.25, 0.3) is 15.9 Å². The molecular weight excluding hydrogens is 404 g/mol. The standard InChI is InChI=1S/C21H22N4O2S2/c1-6-15-13(4)29-19-18(15)20(26)25(16-9-11(2)7-8-12(16)3)21(22-19)28-10-17-24-23-14(5)27-17/h7-9H,6,10H2,1-5H3. The van der Waals surface area contributed by atoms with Crippen LogP contribution in [0.5, 0.6) is 0 Å². The maximum atomic E-state index is 13.7. The van der Waals surface area contributed by atoms with Crippen molar-refractivity contribution in [3.05, 3.63) is 61.9 Å². The van der Waals surface area contributed by atoms with Gasteiger partial charge in [0.25, 0.3) is 5.56 Å². The van der Waals surface area contributed by atoms with Crippen LogP contribution in [-0.2, 0) is 12.2 Å². The first kappa shape index (κ1) is 19.8. The van der Waals surface area contributed by atoms with E-state index in [1.807, 2.05) is 26.0 Å². The van der Waals surface area contributed by atoms with Gasteiger partial charge in [0.2, 0.25) is 11.8 Å². The monoisotopic (exact) mass is 426 g/mol. The van der Waals surface area contributed by atoms with E-state index in [2.05, 4.69) is 30.1 Å². The van der Waals surface area contributed by atoms with Gasteiger partial charge in [-0.3, -0.25) is 9.36 Å². The second-order valence-corrected chi connectivity index (χ2v) is 9.14. The van der Waals surface area contributed by atoms with Gasteiger partial charge in [-0.05, 0) is 49.9 Å². The average Bonchev–Trinajstić information content (AvgIpc) is 3.24. The summed E-state index contributed by atoms with van der Waals surface area (Å²) in [5.41, 5.74) is 4.05. The molecule has 0 atom stereocenters. The van der Waals surface area contributed by atoms with Gasteiger partial charge in [-0.25, -0.2) is 4.98 Å². The molecule has 0 aliphatic heterocycles. The fourth-order valence-corrected chi connectivity index (χ4v) is 5.41. The Morgan fingerprint density at radius 1 is 1.17 bits per heavy atom. The van der Waals surface area contributed by atoms with Gasteiger partial charge >= 0.3 is 0 Å². The molecule has 0 fully saturated rings. The molecule has 0 aliphatic rings. The van der Waals surface area contributed by atoms with Crippen LogP contribution in [0.1, 0.15) is 40.3 Å². The molecule has 0 N–H and O–H groups in total. The Balaban J connectivity index is 1.94. The average molecular weight is 427 g/mol. The second kappa shape index (κ2) is 7.76. The molecule has 3 heterocycles. The first-order valence-corrected chi connectivity index (χ1v) is 11.2. The molecule has 1 aromatic carbocycles. The second-order valence-electron chi connectivity index (χ2n) is 7.00. The number of hydrogen-bond donors (Lipinski definition) is 0. The van der Waals surface area contributed by atoms with Gasteiger partial charge in [0.1, 0.15) is 4.83 Å². The number of hydrogen-bond acceptors (Lipinski definition) is 7. The van der Waals surface area contributed by atoms with Crippen LogP contribution in [0.4, 0.5) is 0 Å². The maximum absolute atomic E-state index is 13.7. The van der Waals surface area contributed by atoms with Crippen LogP contribution in [0.3, 0.4) is 0 Å². The van der Waals surface area contributed by atoms with Crippen molar-refractivity contribution < 1.29 is 4.42 Å². The molecule has 0 bridgehead atoms. The van der Waals surface area contributed by atoms with Gasteiger partial charge in [-0.1, -0.05) is 30.8 Å². The van der Waals surface area contributed by atoms with Gasteiger partial charge in [0.15, 0.2) is 5.16 Å². The number of rotatable bonds is 5. The minimum Gasteiger partial charge on any atom is -0.425 e. The van der Waals surface area contributed by atoms with Crippen LogP contribution in [-0.4, -0.2) is 19.7 Å². The molecule has 0 unspecified atom stereocenters. The van der Waals surface area contributed by atoms with Crippen molar-refractivity contribution >= 4 is 33.3 Å². The van der Waals surface area contributed by atoms with E-state index in [9.17, 15) is 4.79 Å². The summed E-state index contributed by atoms with van der Waals surface area (Å²) >= 11 is 3.02. The van der Waals surface area contributed by atoms with E-state index in [4.69, 9.17) is 9.40 Å². The molecule has 6 nitrogen and oxygen atoms in total. The van der Waals surface area contributed by atoms with E-state index < -0.39 is 0 Å². The predicted octanol–water partition coefficient (Wildman–Crippen LogP) is 4.92. The molecule has 3 aromatic heterocycles. The maximum Gasteiger partial charge on any atom is 0.267 e. The van der Waals surface area contributed by atoms with Crippen LogP contribution in [0, 0.1) is 27.7 Å². The number of nitrogens with zero attached hydrogens (tertiary/aromatic N) is 4. The summed E-state index contributed by atoms with van der Waals surface area (Å²) in [6.07, 6.45) is 0.809. The lowest BCUT2D eigenvalue weighted by molar-refractivity contribution is 0.485. The number of aromatic nitrogens is 4. The SMILES string of the molecule is CCc1c(C)sc2nc(SCc3nnc(C)o3)n(-c3cc(C)ccc3C)c(=O)c12. The molecule has 0 radical (unpaired) electrons. The lowest BCUT2D eigenvalue weighted by Crippen LogP contribution is -2.22. The molecule has 4 aromatic rings. The molecule has 0 amide bonds. The van der Waals surface area contributed by atoms with Gasteiger partial charge in [0.05, 0.1) is 16.8 Å². The Labute approximate surface area is 177 Å². The fraction of sp³-hybridized carbons (Fsp3) is 0.333. The molecule has 0 saturated carbocycles. The van der Waals surface area contributed by atoms with Crippen molar-refractivity contribution in [2.45, 2.75) is 51.9 Å². The van der Waals surface area contributed by atoms with Gasteiger partial charge in [-0.15, -0.1) is 21.5 Å². The zero-order valence-electron chi connectivity index (χ0n) is 17.1. The van der Waals surface area contributed by atoms with Crippen molar-refractivity contribution in [3.63, 3.8) is 0 Å². The quantitative estimate of drug-likeness (QED) is 0.333. The van der Waals surface area contributed by atoms with E-state index in [1.165, 1.54) is 11.8 Å². The summed E-state index contributed by atoms with van der Waals surface area (Å²) in [5, 5.41) is 9.31. The molecule has 150 valence electrons. The Hall–Kier alpha value is -2.45. The summed E-state index contributed by atoms with van der Waals surface area (Å²) in [5.74, 6) is 1.50. The Morgan fingerprint density at radius 2 is 1.97 bits per heavy atom. The number of aryl methyl sites for hydroxylation is 5. The highest BCUT2D eigenvalue weighted by Crippen LogP contribution is 2.32. The van der Waals surface area contributed by atoms with E-state index in [0.717, 1.165) is 43.9 Å². The highest BCUT2D eigenvalue weighted by atomic mass is 32.2. The normalized spacial score (nSPS) is 11.5.